The Balaban J connectivity index is 1.79. The second-order valence-electron chi connectivity index (χ2n) is 6.30. The number of benzene rings is 2. The van der Waals surface area contributed by atoms with Crippen LogP contribution in [0.5, 0.6) is 5.75 Å². The summed E-state index contributed by atoms with van der Waals surface area (Å²) in [5.74, 6) is -1.11. The molecule has 0 aliphatic heterocycles. The van der Waals surface area contributed by atoms with E-state index in [0.717, 1.165) is 0 Å². The second kappa shape index (κ2) is 8.44. The highest BCUT2D eigenvalue weighted by molar-refractivity contribution is 7.91. The molecule has 3 rings (SSSR count). The lowest BCUT2D eigenvalue weighted by atomic mass is 10.1. The highest BCUT2D eigenvalue weighted by atomic mass is 32.2. The van der Waals surface area contributed by atoms with Gasteiger partial charge in [0.1, 0.15) is 16.5 Å². The highest BCUT2D eigenvalue weighted by Gasteiger charge is 2.23. The Morgan fingerprint density at radius 1 is 1.21 bits per heavy atom. The van der Waals surface area contributed by atoms with Crippen LogP contribution in [0.1, 0.15) is 12.1 Å². The molecule has 1 heterocycles. The van der Waals surface area contributed by atoms with Crippen molar-refractivity contribution in [2.24, 2.45) is 0 Å². The van der Waals surface area contributed by atoms with Crippen LogP contribution in [-0.4, -0.2) is 32.3 Å². The number of sulfone groups is 1. The molecule has 0 saturated heterocycles. The molecule has 29 heavy (non-hydrogen) atoms. The molecule has 0 fully saturated rings. The molecule has 152 valence electrons. The number of aryl methyl sites for hydroxylation is 1. The maximum atomic E-state index is 13.6. The average Bonchev–Trinajstić information content (AvgIpc) is 3.14. The third kappa shape index (κ3) is 4.80. The first kappa shape index (κ1) is 20.5. The molecule has 0 unspecified atom stereocenters. The fourth-order valence-electron chi connectivity index (χ4n) is 2.68. The maximum Gasteiger partial charge on any atom is 0.225 e. The van der Waals surface area contributed by atoms with Gasteiger partial charge >= 0.3 is 0 Å². The number of amides is 1. The number of ether oxygens (including phenoxy) is 1. The summed E-state index contributed by atoms with van der Waals surface area (Å²) in [6.45, 7) is 1.75. The van der Waals surface area contributed by atoms with Gasteiger partial charge in [-0.15, -0.1) is 0 Å². The van der Waals surface area contributed by atoms with Crippen molar-refractivity contribution in [2.75, 3.05) is 18.2 Å². The lowest BCUT2D eigenvalue weighted by Crippen LogP contribution is -2.18. The summed E-state index contributed by atoms with van der Waals surface area (Å²) < 4.78 is 49.7. The van der Waals surface area contributed by atoms with Gasteiger partial charge in [-0.1, -0.05) is 17.3 Å². The Labute approximate surface area is 167 Å². The summed E-state index contributed by atoms with van der Waals surface area (Å²) in [5, 5.41) is 6.16. The number of rotatable bonds is 7. The van der Waals surface area contributed by atoms with Crippen LogP contribution < -0.4 is 10.1 Å². The average molecular weight is 418 g/mol. The normalized spacial score (nSPS) is 11.3. The number of anilines is 1. The van der Waals surface area contributed by atoms with Crippen molar-refractivity contribution < 1.29 is 26.9 Å². The fraction of sp³-hybridized carbons (Fsp3) is 0.200. The van der Waals surface area contributed by atoms with Gasteiger partial charge in [0, 0.05) is 18.1 Å². The Morgan fingerprint density at radius 3 is 2.62 bits per heavy atom. The summed E-state index contributed by atoms with van der Waals surface area (Å²) >= 11 is 0. The number of hydrogen-bond donors (Lipinski definition) is 1. The molecular weight excluding hydrogens is 399 g/mol. The van der Waals surface area contributed by atoms with Gasteiger partial charge in [0.2, 0.25) is 5.91 Å². The quantitative estimate of drug-likeness (QED) is 0.630. The summed E-state index contributed by atoms with van der Waals surface area (Å²) in [4.78, 5) is 12.0. The number of hydrogen-bond acceptors (Lipinski definition) is 6. The molecule has 0 spiro atoms. The number of nitrogens with zero attached hydrogens (tertiary/aromatic N) is 1. The van der Waals surface area contributed by atoms with E-state index in [9.17, 15) is 17.6 Å². The van der Waals surface area contributed by atoms with Crippen LogP contribution in [-0.2, 0) is 14.6 Å². The molecule has 0 radical (unpaired) electrons. The van der Waals surface area contributed by atoms with E-state index in [2.05, 4.69) is 10.5 Å². The molecule has 1 amide bonds. The van der Waals surface area contributed by atoms with Crippen LogP contribution in [0.3, 0.4) is 0 Å². The largest absolute Gasteiger partial charge is 0.495 e. The van der Waals surface area contributed by atoms with E-state index in [-0.39, 0.29) is 22.8 Å². The van der Waals surface area contributed by atoms with Crippen molar-refractivity contribution in [3.63, 3.8) is 0 Å². The summed E-state index contributed by atoms with van der Waals surface area (Å²) in [7, 11) is -2.51. The van der Waals surface area contributed by atoms with E-state index in [4.69, 9.17) is 9.26 Å². The number of para-hydroxylation sites is 1. The number of carbonyl (C=O) groups is 1. The molecule has 1 aromatic heterocycles. The van der Waals surface area contributed by atoms with Crippen LogP contribution in [0.4, 0.5) is 10.1 Å². The van der Waals surface area contributed by atoms with E-state index in [1.54, 1.807) is 25.1 Å². The Kier molecular flexibility index (Phi) is 5.97. The zero-order chi connectivity index (χ0) is 21.0. The molecular formula is C20H19FN2O5S. The third-order valence-electron chi connectivity index (χ3n) is 4.16. The van der Waals surface area contributed by atoms with Gasteiger partial charge in [-0.3, -0.25) is 4.79 Å². The van der Waals surface area contributed by atoms with E-state index in [1.807, 2.05) is 0 Å². The summed E-state index contributed by atoms with van der Waals surface area (Å²) in [6, 6.07) is 11.9. The number of nitrogens with one attached hydrogen (secondary N) is 1. The Bertz CT molecular complexity index is 1140. The monoisotopic (exact) mass is 418 g/mol. The number of aromatic nitrogens is 1. The lowest BCUT2D eigenvalue weighted by molar-refractivity contribution is -0.115. The predicted molar refractivity (Wildman–Crippen MR) is 105 cm³/mol. The topological polar surface area (TPSA) is 98.5 Å². The molecule has 0 bridgehead atoms. The number of halogens is 1. The van der Waals surface area contributed by atoms with E-state index in [1.165, 1.54) is 37.4 Å². The highest BCUT2D eigenvalue weighted by Crippen LogP contribution is 2.31. The molecule has 0 aliphatic rings. The van der Waals surface area contributed by atoms with Gasteiger partial charge in [0.25, 0.3) is 0 Å². The van der Waals surface area contributed by atoms with Crippen molar-refractivity contribution in [2.45, 2.75) is 18.2 Å². The van der Waals surface area contributed by atoms with Gasteiger partial charge < -0.3 is 14.6 Å². The number of carbonyl (C=O) groups excluding carboxylic acids is 1. The van der Waals surface area contributed by atoms with Crippen molar-refractivity contribution in [1.82, 2.24) is 5.16 Å². The van der Waals surface area contributed by atoms with Gasteiger partial charge in [0.15, 0.2) is 15.6 Å². The van der Waals surface area contributed by atoms with Crippen molar-refractivity contribution >= 4 is 21.4 Å². The van der Waals surface area contributed by atoms with E-state index < -0.39 is 27.3 Å². The number of methoxy groups -OCH3 is 1. The molecule has 2 aromatic carbocycles. The van der Waals surface area contributed by atoms with Gasteiger partial charge in [0.05, 0.1) is 24.2 Å². The minimum atomic E-state index is -3.87. The zero-order valence-electron chi connectivity index (χ0n) is 15.8. The molecule has 3 aromatic rings. The van der Waals surface area contributed by atoms with Gasteiger partial charge in [-0.05, 0) is 37.3 Å². The predicted octanol–water partition coefficient (Wildman–Crippen LogP) is 3.60. The zero-order valence-corrected chi connectivity index (χ0v) is 16.6. The molecule has 0 atom stereocenters. The minimum absolute atomic E-state index is 0.00448. The Morgan fingerprint density at radius 2 is 1.97 bits per heavy atom. The molecule has 9 heteroatoms. The standard InChI is InChI=1S/C20H19FN2O5S/c1-13-11-18(28-23-13)14-7-8-17(27-2)19(12-14)29(25,26)10-9-20(24)22-16-6-4-3-5-15(16)21/h3-8,11-12H,9-10H2,1-2H3,(H,22,24). The van der Waals surface area contributed by atoms with Gasteiger partial charge in [-0.2, -0.15) is 0 Å². The smallest absolute Gasteiger partial charge is 0.225 e. The molecule has 0 saturated carbocycles. The van der Waals surface area contributed by atoms with Crippen LogP contribution in [0.15, 0.2) is 57.9 Å². The minimum Gasteiger partial charge on any atom is -0.495 e. The first-order chi connectivity index (χ1) is 13.8. The summed E-state index contributed by atoms with van der Waals surface area (Å²) in [5.41, 5.74) is 1.17. The van der Waals surface area contributed by atoms with Crippen LogP contribution in [0, 0.1) is 12.7 Å². The first-order valence-electron chi connectivity index (χ1n) is 8.69. The van der Waals surface area contributed by atoms with Crippen molar-refractivity contribution in [3.05, 3.63) is 60.0 Å². The maximum absolute atomic E-state index is 13.6. The SMILES string of the molecule is COc1ccc(-c2cc(C)no2)cc1S(=O)(=O)CCC(=O)Nc1ccccc1F. The van der Waals surface area contributed by atoms with Crippen LogP contribution >= 0.6 is 0 Å². The first-order valence-corrected chi connectivity index (χ1v) is 10.3. The van der Waals surface area contributed by atoms with Crippen molar-refractivity contribution in [1.29, 1.82) is 0 Å². The summed E-state index contributed by atoms with van der Waals surface area (Å²) in [6.07, 6.45) is -0.342. The van der Waals surface area contributed by atoms with E-state index in [0.29, 0.717) is 17.0 Å². The van der Waals surface area contributed by atoms with Crippen molar-refractivity contribution in [3.8, 4) is 17.1 Å². The third-order valence-corrected chi connectivity index (χ3v) is 5.89. The molecule has 7 nitrogen and oxygen atoms in total. The second-order valence-corrected chi connectivity index (χ2v) is 8.37. The van der Waals surface area contributed by atoms with E-state index >= 15 is 0 Å². The lowest BCUT2D eigenvalue weighted by Gasteiger charge is -2.11. The molecule has 1 N–H and O–H groups in total. The fourth-order valence-corrected chi connectivity index (χ4v) is 4.12. The van der Waals surface area contributed by atoms with Gasteiger partial charge in [-0.25, -0.2) is 12.8 Å². The Hall–Kier alpha value is -3.20. The van der Waals surface area contributed by atoms with Crippen LogP contribution in [0.25, 0.3) is 11.3 Å². The molecule has 0 aliphatic carbocycles. The van der Waals surface area contributed by atoms with Crippen LogP contribution in [0.2, 0.25) is 0 Å².